The fourth-order valence-electron chi connectivity index (χ4n) is 2.60. The van der Waals surface area contributed by atoms with Gasteiger partial charge in [0.25, 0.3) is 5.91 Å². The van der Waals surface area contributed by atoms with E-state index in [2.05, 4.69) is 15.9 Å². The van der Waals surface area contributed by atoms with Crippen molar-refractivity contribution in [2.45, 2.75) is 13.5 Å². The molecule has 1 N–H and O–H groups in total. The molecule has 0 bridgehead atoms. The van der Waals surface area contributed by atoms with Crippen LogP contribution in [-0.4, -0.2) is 32.7 Å². The lowest BCUT2D eigenvalue weighted by atomic mass is 10.1. The van der Waals surface area contributed by atoms with Gasteiger partial charge in [0.15, 0.2) is 0 Å². The smallest absolute Gasteiger partial charge is 0.323 e. The minimum absolute atomic E-state index is 0.232. The lowest BCUT2D eigenvalue weighted by Crippen LogP contribution is -2.33. The highest BCUT2D eigenvalue weighted by Crippen LogP contribution is 2.35. The molecule has 1 fully saturated rings. The summed E-state index contributed by atoms with van der Waals surface area (Å²) in [7, 11) is 0. The summed E-state index contributed by atoms with van der Waals surface area (Å²) in [6.45, 7) is 1.97. The van der Waals surface area contributed by atoms with Gasteiger partial charge in [-0.15, -0.1) is 0 Å². The monoisotopic (exact) mass is 477 g/mol. The molecule has 0 saturated carbocycles. The topological polar surface area (TPSA) is 66.8 Å². The maximum absolute atomic E-state index is 12.5. The van der Waals surface area contributed by atoms with Crippen molar-refractivity contribution >= 4 is 62.2 Å². The Morgan fingerprint density at radius 1 is 1.32 bits per heavy atom. The first-order valence-electron chi connectivity index (χ1n) is 8.29. The number of carboxylic acids is 1. The first-order valence-corrected chi connectivity index (χ1v) is 10.3. The molecule has 0 spiro atoms. The molecule has 3 rings (SSSR count). The molecule has 0 aromatic heterocycles. The lowest BCUT2D eigenvalue weighted by Gasteiger charge is -2.12. The first-order chi connectivity index (χ1) is 13.3. The highest BCUT2D eigenvalue weighted by Gasteiger charge is 2.33. The van der Waals surface area contributed by atoms with Gasteiger partial charge in [-0.3, -0.25) is 14.5 Å². The maximum Gasteiger partial charge on any atom is 0.323 e. The van der Waals surface area contributed by atoms with Crippen LogP contribution < -0.4 is 4.74 Å². The van der Waals surface area contributed by atoms with Crippen molar-refractivity contribution < 1.29 is 19.4 Å². The van der Waals surface area contributed by atoms with Crippen LogP contribution in [0.5, 0.6) is 5.75 Å². The molecular formula is C20H16BrNO4S2. The number of thioether (sulfide) groups is 1. The van der Waals surface area contributed by atoms with Crippen molar-refractivity contribution in [3.63, 3.8) is 0 Å². The van der Waals surface area contributed by atoms with Crippen molar-refractivity contribution in [3.05, 3.63) is 68.5 Å². The number of halogens is 1. The highest BCUT2D eigenvalue weighted by molar-refractivity contribution is 9.10. The fourth-order valence-corrected chi connectivity index (χ4v) is 4.23. The van der Waals surface area contributed by atoms with E-state index in [9.17, 15) is 9.59 Å². The number of aliphatic carboxylic acids is 1. The van der Waals surface area contributed by atoms with Crippen molar-refractivity contribution in [1.29, 1.82) is 0 Å². The summed E-state index contributed by atoms with van der Waals surface area (Å²) in [6, 6.07) is 13.5. The number of rotatable bonds is 6. The number of nitrogens with zero attached hydrogens (tertiary/aromatic N) is 1. The molecule has 1 amide bonds. The molecule has 0 aliphatic carbocycles. The van der Waals surface area contributed by atoms with E-state index < -0.39 is 18.4 Å². The molecule has 0 radical (unpaired) electrons. The van der Waals surface area contributed by atoms with Gasteiger partial charge in [0.05, 0.1) is 4.91 Å². The van der Waals surface area contributed by atoms with Crippen LogP contribution in [0, 0.1) is 6.92 Å². The fraction of sp³-hybridized carbons (Fsp3) is 0.150. The predicted molar refractivity (Wildman–Crippen MR) is 117 cm³/mol. The summed E-state index contributed by atoms with van der Waals surface area (Å²) in [4.78, 5) is 24.9. The van der Waals surface area contributed by atoms with Crippen molar-refractivity contribution in [2.75, 3.05) is 6.54 Å². The van der Waals surface area contributed by atoms with Crippen LogP contribution in [0.4, 0.5) is 0 Å². The minimum Gasteiger partial charge on any atom is -0.488 e. The van der Waals surface area contributed by atoms with Gasteiger partial charge in [-0.2, -0.15) is 0 Å². The third-order valence-electron chi connectivity index (χ3n) is 4.07. The van der Waals surface area contributed by atoms with E-state index in [1.165, 1.54) is 0 Å². The number of aryl methyl sites for hydroxylation is 1. The quantitative estimate of drug-likeness (QED) is 0.483. The van der Waals surface area contributed by atoms with E-state index in [-0.39, 0.29) is 4.32 Å². The Balaban J connectivity index is 1.86. The van der Waals surface area contributed by atoms with Crippen molar-refractivity contribution in [2.24, 2.45) is 0 Å². The van der Waals surface area contributed by atoms with E-state index in [4.69, 9.17) is 22.1 Å². The van der Waals surface area contributed by atoms with Gasteiger partial charge in [-0.25, -0.2) is 0 Å². The number of amides is 1. The Morgan fingerprint density at radius 3 is 2.79 bits per heavy atom. The zero-order chi connectivity index (χ0) is 20.3. The summed E-state index contributed by atoms with van der Waals surface area (Å²) < 4.78 is 7.06. The summed E-state index contributed by atoms with van der Waals surface area (Å²) in [5, 5.41) is 8.96. The molecule has 2 aromatic carbocycles. The second-order valence-electron chi connectivity index (χ2n) is 6.06. The average molecular weight is 478 g/mol. The van der Waals surface area contributed by atoms with Gasteiger partial charge in [0.1, 0.15) is 23.2 Å². The number of carbonyl (C=O) groups excluding carboxylic acids is 1. The Kier molecular flexibility index (Phi) is 6.53. The van der Waals surface area contributed by atoms with E-state index in [0.29, 0.717) is 22.8 Å². The van der Waals surface area contributed by atoms with Crippen LogP contribution in [0.25, 0.3) is 6.08 Å². The van der Waals surface area contributed by atoms with Crippen LogP contribution >= 0.6 is 39.9 Å². The van der Waals surface area contributed by atoms with Gasteiger partial charge in [0.2, 0.25) is 0 Å². The summed E-state index contributed by atoms with van der Waals surface area (Å²) in [6.07, 6.45) is 1.68. The number of ether oxygens (including phenoxy) is 1. The van der Waals surface area contributed by atoms with Crippen LogP contribution in [0.2, 0.25) is 0 Å². The Bertz CT molecular complexity index is 990. The molecule has 0 unspecified atom stereocenters. The molecule has 28 heavy (non-hydrogen) atoms. The number of hydrogen-bond donors (Lipinski definition) is 1. The van der Waals surface area contributed by atoms with E-state index in [1.807, 2.05) is 49.4 Å². The van der Waals surface area contributed by atoms with Gasteiger partial charge in [0, 0.05) is 10.0 Å². The molecule has 1 saturated heterocycles. The van der Waals surface area contributed by atoms with E-state index in [0.717, 1.165) is 32.3 Å². The molecule has 2 aromatic rings. The Hall–Kier alpha value is -2.16. The number of hydrogen-bond acceptors (Lipinski definition) is 5. The average Bonchev–Trinajstić information content (AvgIpc) is 2.89. The number of carboxylic acid groups (broad SMARTS) is 1. The summed E-state index contributed by atoms with van der Waals surface area (Å²) >= 11 is 9.66. The molecule has 144 valence electrons. The van der Waals surface area contributed by atoms with Crippen molar-refractivity contribution in [1.82, 2.24) is 4.90 Å². The number of thiocarbonyl (C=S) groups is 1. The molecular weight excluding hydrogens is 462 g/mol. The zero-order valence-electron chi connectivity index (χ0n) is 14.8. The van der Waals surface area contributed by atoms with Crippen LogP contribution in [0.3, 0.4) is 0 Å². The van der Waals surface area contributed by atoms with E-state index >= 15 is 0 Å². The zero-order valence-corrected chi connectivity index (χ0v) is 18.1. The standard InChI is InChI=1S/C20H16BrNO4S2/c1-12-4-2-3-5-13(12)11-26-16-7-6-15(21)8-14(16)9-17-19(25)22(10-18(23)24)20(27)28-17/h2-9H,10-11H2,1H3,(H,23,24)/b17-9-. The summed E-state index contributed by atoms with van der Waals surface area (Å²) in [5.74, 6) is -0.903. The van der Waals surface area contributed by atoms with Crippen molar-refractivity contribution in [3.8, 4) is 5.75 Å². The third kappa shape index (κ3) is 4.81. The second-order valence-corrected chi connectivity index (χ2v) is 8.65. The summed E-state index contributed by atoms with van der Waals surface area (Å²) in [5.41, 5.74) is 2.92. The Labute approximate surface area is 180 Å². The number of carbonyl (C=O) groups is 2. The minimum atomic E-state index is -1.11. The van der Waals surface area contributed by atoms with Gasteiger partial charge < -0.3 is 9.84 Å². The third-order valence-corrected chi connectivity index (χ3v) is 5.94. The molecule has 1 aliphatic rings. The maximum atomic E-state index is 12.5. The second kappa shape index (κ2) is 8.89. The number of benzene rings is 2. The highest BCUT2D eigenvalue weighted by atomic mass is 79.9. The molecule has 8 heteroatoms. The van der Waals surface area contributed by atoms with Gasteiger partial charge >= 0.3 is 5.97 Å². The molecule has 1 heterocycles. The van der Waals surface area contributed by atoms with E-state index in [1.54, 1.807) is 6.08 Å². The first kappa shape index (κ1) is 20.6. The molecule has 0 atom stereocenters. The normalized spacial score (nSPS) is 15.4. The van der Waals surface area contributed by atoms with Gasteiger partial charge in [-0.1, -0.05) is 64.2 Å². The molecule has 5 nitrogen and oxygen atoms in total. The molecule has 1 aliphatic heterocycles. The SMILES string of the molecule is Cc1ccccc1COc1ccc(Br)cc1/C=C1\SC(=S)N(CC(=O)O)C1=O. The van der Waals surface area contributed by atoms with Crippen LogP contribution in [0.1, 0.15) is 16.7 Å². The van der Waals surface area contributed by atoms with Crippen LogP contribution in [-0.2, 0) is 16.2 Å². The lowest BCUT2D eigenvalue weighted by molar-refractivity contribution is -0.140. The predicted octanol–water partition coefficient (Wildman–Crippen LogP) is 4.62. The van der Waals surface area contributed by atoms with Gasteiger partial charge in [-0.05, 0) is 42.3 Å². The largest absolute Gasteiger partial charge is 0.488 e. The Morgan fingerprint density at radius 2 is 2.07 bits per heavy atom. The van der Waals surface area contributed by atoms with Crippen LogP contribution in [0.15, 0.2) is 51.8 Å².